The van der Waals surface area contributed by atoms with Gasteiger partial charge in [0.25, 0.3) is 5.69 Å². The van der Waals surface area contributed by atoms with Crippen LogP contribution in [0.1, 0.15) is 20.3 Å². The SMILES string of the molecule is CC(C)CCNC(=O)Cn1ccc2cc([N+](=O)[O-])ccc21. The molecule has 6 nitrogen and oxygen atoms in total. The summed E-state index contributed by atoms with van der Waals surface area (Å²) in [5.41, 5.74) is 0.876. The second kappa shape index (κ2) is 6.39. The number of nitro groups is 1. The van der Waals surface area contributed by atoms with E-state index in [1.54, 1.807) is 22.9 Å². The van der Waals surface area contributed by atoms with Crippen molar-refractivity contribution in [1.29, 1.82) is 0 Å². The Kier molecular flexibility index (Phi) is 4.57. The minimum absolute atomic E-state index is 0.0495. The van der Waals surface area contributed by atoms with Crippen LogP contribution in [-0.2, 0) is 11.3 Å². The third kappa shape index (κ3) is 3.81. The van der Waals surface area contributed by atoms with E-state index in [9.17, 15) is 14.9 Å². The molecule has 0 aliphatic carbocycles. The summed E-state index contributed by atoms with van der Waals surface area (Å²) in [6, 6.07) is 6.43. The van der Waals surface area contributed by atoms with Gasteiger partial charge in [0.1, 0.15) is 6.54 Å². The number of hydrogen-bond acceptors (Lipinski definition) is 3. The Labute approximate surface area is 122 Å². The number of benzene rings is 1. The molecule has 0 bridgehead atoms. The maximum Gasteiger partial charge on any atom is 0.270 e. The summed E-state index contributed by atoms with van der Waals surface area (Å²) in [5, 5.41) is 14.4. The molecule has 21 heavy (non-hydrogen) atoms. The van der Waals surface area contributed by atoms with Gasteiger partial charge >= 0.3 is 0 Å². The lowest BCUT2D eigenvalue weighted by molar-refractivity contribution is -0.384. The lowest BCUT2D eigenvalue weighted by atomic mass is 10.1. The first kappa shape index (κ1) is 15.0. The number of aromatic nitrogens is 1. The number of carbonyl (C=O) groups is 1. The first-order valence-electron chi connectivity index (χ1n) is 6.97. The van der Waals surface area contributed by atoms with Crippen molar-refractivity contribution < 1.29 is 9.72 Å². The van der Waals surface area contributed by atoms with Gasteiger partial charge in [-0.3, -0.25) is 14.9 Å². The summed E-state index contributed by atoms with van der Waals surface area (Å²) >= 11 is 0. The molecule has 112 valence electrons. The molecular weight excluding hydrogens is 270 g/mol. The largest absolute Gasteiger partial charge is 0.355 e. The molecule has 1 N–H and O–H groups in total. The number of nitro benzene ring substituents is 1. The van der Waals surface area contributed by atoms with Crippen molar-refractivity contribution in [2.45, 2.75) is 26.8 Å². The number of amides is 1. The van der Waals surface area contributed by atoms with Gasteiger partial charge in [0.15, 0.2) is 0 Å². The zero-order chi connectivity index (χ0) is 15.4. The third-order valence-corrected chi connectivity index (χ3v) is 3.32. The van der Waals surface area contributed by atoms with Gasteiger partial charge in [0.05, 0.1) is 4.92 Å². The second-order valence-corrected chi connectivity index (χ2v) is 5.48. The molecule has 0 aliphatic heterocycles. The van der Waals surface area contributed by atoms with Crippen molar-refractivity contribution >= 4 is 22.5 Å². The second-order valence-electron chi connectivity index (χ2n) is 5.48. The molecule has 1 aromatic heterocycles. The van der Waals surface area contributed by atoms with E-state index in [1.807, 2.05) is 0 Å². The van der Waals surface area contributed by atoms with Crippen LogP contribution in [0.2, 0.25) is 0 Å². The van der Waals surface area contributed by atoms with Crippen LogP contribution in [0.15, 0.2) is 30.5 Å². The Morgan fingerprint density at radius 1 is 1.38 bits per heavy atom. The normalized spacial score (nSPS) is 11.0. The van der Waals surface area contributed by atoms with Gasteiger partial charge in [-0.2, -0.15) is 0 Å². The fraction of sp³-hybridized carbons (Fsp3) is 0.400. The van der Waals surface area contributed by atoms with Crippen LogP contribution in [0, 0.1) is 16.0 Å². The van der Waals surface area contributed by atoms with Gasteiger partial charge in [0.2, 0.25) is 5.91 Å². The van der Waals surface area contributed by atoms with E-state index >= 15 is 0 Å². The van der Waals surface area contributed by atoms with Crippen molar-refractivity contribution in [3.63, 3.8) is 0 Å². The predicted octanol–water partition coefficient (Wildman–Crippen LogP) is 2.71. The Balaban J connectivity index is 2.05. The highest BCUT2D eigenvalue weighted by atomic mass is 16.6. The van der Waals surface area contributed by atoms with E-state index in [4.69, 9.17) is 0 Å². The van der Waals surface area contributed by atoms with E-state index in [2.05, 4.69) is 19.2 Å². The highest BCUT2D eigenvalue weighted by Crippen LogP contribution is 2.21. The lowest BCUT2D eigenvalue weighted by Crippen LogP contribution is -2.28. The number of nitrogens with one attached hydrogen (secondary N) is 1. The number of hydrogen-bond donors (Lipinski definition) is 1. The van der Waals surface area contributed by atoms with Crippen molar-refractivity contribution in [3.05, 3.63) is 40.6 Å². The highest BCUT2D eigenvalue weighted by Gasteiger charge is 2.10. The molecule has 0 radical (unpaired) electrons. The molecule has 6 heteroatoms. The fourth-order valence-electron chi connectivity index (χ4n) is 2.15. The summed E-state index contributed by atoms with van der Waals surface area (Å²) in [6.45, 7) is 5.11. The molecule has 2 aromatic rings. The average Bonchev–Trinajstić information content (AvgIpc) is 2.80. The molecule has 2 rings (SSSR count). The van der Waals surface area contributed by atoms with Gasteiger partial charge in [-0.05, 0) is 24.5 Å². The van der Waals surface area contributed by atoms with Crippen LogP contribution in [-0.4, -0.2) is 21.9 Å². The number of rotatable bonds is 6. The zero-order valence-electron chi connectivity index (χ0n) is 12.2. The van der Waals surface area contributed by atoms with E-state index < -0.39 is 4.92 Å². The van der Waals surface area contributed by atoms with Crippen molar-refractivity contribution in [2.75, 3.05) is 6.54 Å². The Bertz CT molecular complexity index is 661. The standard InChI is InChI=1S/C15H19N3O3/c1-11(2)5-7-16-15(19)10-17-8-6-12-9-13(18(20)21)3-4-14(12)17/h3-4,6,8-9,11H,5,7,10H2,1-2H3,(H,16,19). The van der Waals surface area contributed by atoms with Crippen LogP contribution in [0.25, 0.3) is 10.9 Å². The summed E-state index contributed by atoms with van der Waals surface area (Å²) in [6.07, 6.45) is 2.72. The molecule has 0 saturated carbocycles. The molecule has 1 aromatic carbocycles. The summed E-state index contributed by atoms with van der Waals surface area (Å²) in [7, 11) is 0. The molecule has 0 saturated heterocycles. The smallest absolute Gasteiger partial charge is 0.270 e. The molecule has 0 aliphatic rings. The third-order valence-electron chi connectivity index (χ3n) is 3.32. The Morgan fingerprint density at radius 2 is 2.14 bits per heavy atom. The van der Waals surface area contributed by atoms with Crippen LogP contribution in [0.3, 0.4) is 0 Å². The number of fused-ring (bicyclic) bond motifs is 1. The molecule has 0 spiro atoms. The van der Waals surface area contributed by atoms with Gasteiger partial charge in [-0.25, -0.2) is 0 Å². The number of carbonyl (C=O) groups excluding carboxylic acids is 1. The quantitative estimate of drug-likeness (QED) is 0.656. The molecular formula is C15H19N3O3. The Hall–Kier alpha value is -2.37. The summed E-state index contributed by atoms with van der Waals surface area (Å²) in [5.74, 6) is 0.504. The van der Waals surface area contributed by atoms with Gasteiger partial charge in [-0.15, -0.1) is 0 Å². The molecule has 1 heterocycles. The maximum absolute atomic E-state index is 11.9. The first-order valence-corrected chi connectivity index (χ1v) is 6.97. The topological polar surface area (TPSA) is 77.2 Å². The highest BCUT2D eigenvalue weighted by molar-refractivity contribution is 5.85. The molecule has 1 amide bonds. The van der Waals surface area contributed by atoms with Crippen molar-refractivity contribution in [3.8, 4) is 0 Å². The monoisotopic (exact) mass is 289 g/mol. The van der Waals surface area contributed by atoms with Gasteiger partial charge < -0.3 is 9.88 Å². The zero-order valence-corrected chi connectivity index (χ0v) is 12.2. The average molecular weight is 289 g/mol. The molecule has 0 fully saturated rings. The van der Waals surface area contributed by atoms with E-state index in [0.717, 1.165) is 17.3 Å². The van der Waals surface area contributed by atoms with E-state index in [0.29, 0.717) is 12.5 Å². The molecule has 0 unspecified atom stereocenters. The van der Waals surface area contributed by atoms with Crippen LogP contribution >= 0.6 is 0 Å². The molecule has 0 atom stereocenters. The minimum atomic E-state index is -0.421. The van der Waals surface area contributed by atoms with Crippen LogP contribution < -0.4 is 5.32 Å². The lowest BCUT2D eigenvalue weighted by Gasteiger charge is -2.08. The predicted molar refractivity (Wildman–Crippen MR) is 81.1 cm³/mol. The summed E-state index contributed by atoms with van der Waals surface area (Å²) < 4.78 is 1.80. The summed E-state index contributed by atoms with van der Waals surface area (Å²) in [4.78, 5) is 22.2. The fourth-order valence-corrected chi connectivity index (χ4v) is 2.15. The van der Waals surface area contributed by atoms with Gasteiger partial charge in [0, 0.05) is 35.8 Å². The first-order chi connectivity index (χ1) is 9.97. The minimum Gasteiger partial charge on any atom is -0.355 e. The maximum atomic E-state index is 11.9. The number of non-ortho nitro benzene ring substituents is 1. The van der Waals surface area contributed by atoms with E-state index in [-0.39, 0.29) is 18.1 Å². The van der Waals surface area contributed by atoms with Gasteiger partial charge in [-0.1, -0.05) is 13.8 Å². The van der Waals surface area contributed by atoms with Crippen LogP contribution in [0.4, 0.5) is 5.69 Å². The van der Waals surface area contributed by atoms with Crippen molar-refractivity contribution in [1.82, 2.24) is 9.88 Å². The number of nitrogens with zero attached hydrogens (tertiary/aromatic N) is 2. The Morgan fingerprint density at radius 3 is 2.81 bits per heavy atom. The van der Waals surface area contributed by atoms with E-state index in [1.165, 1.54) is 12.1 Å². The van der Waals surface area contributed by atoms with Crippen LogP contribution in [0.5, 0.6) is 0 Å². The van der Waals surface area contributed by atoms with Crippen molar-refractivity contribution in [2.24, 2.45) is 5.92 Å².